The Morgan fingerprint density at radius 2 is 1.94 bits per heavy atom. The van der Waals surface area contributed by atoms with Crippen LogP contribution in [-0.4, -0.2) is 29.9 Å². The second-order valence-electron chi connectivity index (χ2n) is 3.72. The SMILES string of the molecule is Nc1ccc(Cl)c(CN2C(=O)COCC2=O)c1. The van der Waals surface area contributed by atoms with Crippen molar-refractivity contribution in [3.8, 4) is 0 Å². The summed E-state index contributed by atoms with van der Waals surface area (Å²) in [6, 6.07) is 4.95. The molecular weight excluding hydrogens is 244 g/mol. The van der Waals surface area contributed by atoms with Crippen molar-refractivity contribution in [3.63, 3.8) is 0 Å². The number of nitrogen functional groups attached to an aromatic ring is 1. The Morgan fingerprint density at radius 3 is 2.59 bits per heavy atom. The molecule has 2 amide bonds. The van der Waals surface area contributed by atoms with E-state index in [4.69, 9.17) is 22.1 Å². The van der Waals surface area contributed by atoms with E-state index >= 15 is 0 Å². The number of benzene rings is 1. The molecule has 0 unspecified atom stereocenters. The number of morpholine rings is 1. The number of amides is 2. The standard InChI is InChI=1S/C11H11ClN2O3/c12-9-2-1-8(13)3-7(9)4-14-10(15)5-17-6-11(14)16/h1-3H,4-6,13H2. The Morgan fingerprint density at radius 1 is 1.29 bits per heavy atom. The van der Waals surface area contributed by atoms with Gasteiger partial charge < -0.3 is 10.5 Å². The number of halogens is 1. The number of hydrogen-bond donors (Lipinski definition) is 1. The third kappa shape index (κ3) is 2.57. The summed E-state index contributed by atoms with van der Waals surface area (Å²) in [7, 11) is 0. The fourth-order valence-electron chi connectivity index (χ4n) is 1.58. The van der Waals surface area contributed by atoms with E-state index in [9.17, 15) is 9.59 Å². The number of rotatable bonds is 2. The van der Waals surface area contributed by atoms with Crippen LogP contribution in [0, 0.1) is 0 Å². The molecule has 0 saturated carbocycles. The summed E-state index contributed by atoms with van der Waals surface area (Å²) in [5.74, 6) is -0.723. The third-order valence-electron chi connectivity index (χ3n) is 2.45. The lowest BCUT2D eigenvalue weighted by Crippen LogP contribution is -2.45. The van der Waals surface area contributed by atoms with Gasteiger partial charge in [0.15, 0.2) is 0 Å². The maximum atomic E-state index is 11.5. The molecule has 1 aromatic carbocycles. The first-order valence-electron chi connectivity index (χ1n) is 5.03. The number of carbonyl (C=O) groups excluding carboxylic acids is 2. The van der Waals surface area contributed by atoms with Gasteiger partial charge in [0, 0.05) is 10.7 Å². The van der Waals surface area contributed by atoms with E-state index in [2.05, 4.69) is 0 Å². The van der Waals surface area contributed by atoms with Gasteiger partial charge in [-0.3, -0.25) is 14.5 Å². The normalized spacial score (nSPS) is 16.4. The van der Waals surface area contributed by atoms with Gasteiger partial charge in [0.05, 0.1) is 6.54 Å². The molecule has 5 nitrogen and oxygen atoms in total. The maximum Gasteiger partial charge on any atom is 0.255 e. The fraction of sp³-hybridized carbons (Fsp3) is 0.273. The molecule has 1 aliphatic heterocycles. The van der Waals surface area contributed by atoms with Crippen molar-refractivity contribution < 1.29 is 14.3 Å². The van der Waals surface area contributed by atoms with Crippen molar-refractivity contribution in [2.45, 2.75) is 6.54 Å². The summed E-state index contributed by atoms with van der Waals surface area (Å²) in [5, 5.41) is 0.478. The highest BCUT2D eigenvalue weighted by molar-refractivity contribution is 6.31. The molecule has 2 rings (SSSR count). The van der Waals surface area contributed by atoms with Crippen LogP contribution in [0.1, 0.15) is 5.56 Å². The molecular formula is C11H11ClN2O3. The fourth-order valence-corrected chi connectivity index (χ4v) is 1.76. The first kappa shape index (κ1) is 11.9. The first-order valence-corrected chi connectivity index (χ1v) is 5.40. The van der Waals surface area contributed by atoms with Gasteiger partial charge in [0.2, 0.25) is 0 Å². The van der Waals surface area contributed by atoms with E-state index in [-0.39, 0.29) is 31.6 Å². The molecule has 6 heteroatoms. The Kier molecular flexibility index (Phi) is 3.31. The molecule has 0 aromatic heterocycles. The second kappa shape index (κ2) is 4.73. The van der Waals surface area contributed by atoms with Gasteiger partial charge in [-0.15, -0.1) is 0 Å². The summed E-state index contributed by atoms with van der Waals surface area (Å²) < 4.78 is 4.82. The highest BCUT2D eigenvalue weighted by Gasteiger charge is 2.27. The second-order valence-corrected chi connectivity index (χ2v) is 4.12. The van der Waals surface area contributed by atoms with Gasteiger partial charge in [0.1, 0.15) is 13.2 Å². The lowest BCUT2D eigenvalue weighted by atomic mass is 10.2. The van der Waals surface area contributed by atoms with E-state index in [1.165, 1.54) is 0 Å². The number of imide groups is 1. The van der Waals surface area contributed by atoms with Crippen molar-refractivity contribution in [1.29, 1.82) is 0 Å². The molecule has 1 aromatic rings. The van der Waals surface area contributed by atoms with Crippen LogP contribution in [0.4, 0.5) is 5.69 Å². The van der Waals surface area contributed by atoms with Crippen LogP contribution >= 0.6 is 11.6 Å². The Hall–Kier alpha value is -1.59. The van der Waals surface area contributed by atoms with E-state index < -0.39 is 0 Å². The highest BCUT2D eigenvalue weighted by Crippen LogP contribution is 2.21. The minimum atomic E-state index is -0.361. The average molecular weight is 255 g/mol. The Bertz CT molecular complexity index is 460. The van der Waals surface area contributed by atoms with Crippen LogP contribution in [0.3, 0.4) is 0 Å². The number of carbonyl (C=O) groups is 2. The zero-order valence-corrected chi connectivity index (χ0v) is 9.74. The molecule has 0 radical (unpaired) electrons. The average Bonchev–Trinajstić information content (AvgIpc) is 2.28. The van der Waals surface area contributed by atoms with Crippen molar-refractivity contribution in [2.24, 2.45) is 0 Å². The zero-order valence-electron chi connectivity index (χ0n) is 8.98. The monoisotopic (exact) mass is 254 g/mol. The summed E-state index contributed by atoms with van der Waals surface area (Å²) in [4.78, 5) is 24.2. The predicted octanol–water partition coefficient (Wildman–Crippen LogP) is 0.808. The summed E-state index contributed by atoms with van der Waals surface area (Å²) >= 11 is 5.97. The molecule has 1 heterocycles. The smallest absolute Gasteiger partial charge is 0.255 e. The van der Waals surface area contributed by atoms with Gasteiger partial charge in [0.25, 0.3) is 11.8 Å². The number of hydrogen-bond acceptors (Lipinski definition) is 4. The zero-order chi connectivity index (χ0) is 12.4. The van der Waals surface area contributed by atoms with Crippen molar-refractivity contribution in [3.05, 3.63) is 28.8 Å². The number of nitrogens with two attached hydrogens (primary N) is 1. The molecule has 0 aliphatic carbocycles. The van der Waals surface area contributed by atoms with Gasteiger partial charge in [-0.1, -0.05) is 11.6 Å². The largest absolute Gasteiger partial charge is 0.399 e. The molecule has 0 bridgehead atoms. The van der Waals surface area contributed by atoms with E-state index in [0.29, 0.717) is 16.3 Å². The quantitative estimate of drug-likeness (QED) is 0.626. The minimum Gasteiger partial charge on any atom is -0.399 e. The Labute approximate surface area is 103 Å². The topological polar surface area (TPSA) is 72.6 Å². The van der Waals surface area contributed by atoms with Crippen LogP contribution in [-0.2, 0) is 20.9 Å². The molecule has 2 N–H and O–H groups in total. The lowest BCUT2D eigenvalue weighted by Gasteiger charge is -2.25. The summed E-state index contributed by atoms with van der Waals surface area (Å²) in [6.07, 6.45) is 0. The van der Waals surface area contributed by atoms with E-state index in [1.807, 2.05) is 0 Å². The Balaban J connectivity index is 2.21. The summed E-state index contributed by atoms with van der Waals surface area (Å²) in [5.41, 5.74) is 6.82. The van der Waals surface area contributed by atoms with Crippen molar-refractivity contribution in [1.82, 2.24) is 4.90 Å². The van der Waals surface area contributed by atoms with Crippen LogP contribution in [0.5, 0.6) is 0 Å². The van der Waals surface area contributed by atoms with Crippen molar-refractivity contribution >= 4 is 29.1 Å². The van der Waals surface area contributed by atoms with E-state index in [0.717, 1.165) is 4.90 Å². The molecule has 1 saturated heterocycles. The molecule has 1 fully saturated rings. The molecule has 0 spiro atoms. The van der Waals surface area contributed by atoms with Gasteiger partial charge in [-0.25, -0.2) is 0 Å². The predicted molar refractivity (Wildman–Crippen MR) is 62.2 cm³/mol. The van der Waals surface area contributed by atoms with Crippen molar-refractivity contribution in [2.75, 3.05) is 18.9 Å². The highest BCUT2D eigenvalue weighted by atomic mass is 35.5. The maximum absolute atomic E-state index is 11.5. The van der Waals surface area contributed by atoms with Crippen LogP contribution in [0.2, 0.25) is 5.02 Å². The van der Waals surface area contributed by atoms with Crippen LogP contribution < -0.4 is 5.73 Å². The van der Waals surface area contributed by atoms with E-state index in [1.54, 1.807) is 18.2 Å². The van der Waals surface area contributed by atoms with Crippen LogP contribution in [0.25, 0.3) is 0 Å². The number of ether oxygens (including phenoxy) is 1. The van der Waals surface area contributed by atoms with Gasteiger partial charge >= 0.3 is 0 Å². The molecule has 1 aliphatic rings. The van der Waals surface area contributed by atoms with Gasteiger partial charge in [-0.2, -0.15) is 0 Å². The summed E-state index contributed by atoms with van der Waals surface area (Å²) in [6.45, 7) is -0.0255. The third-order valence-corrected chi connectivity index (χ3v) is 2.82. The van der Waals surface area contributed by atoms with Crippen LogP contribution in [0.15, 0.2) is 18.2 Å². The van der Waals surface area contributed by atoms with Gasteiger partial charge in [-0.05, 0) is 23.8 Å². The molecule has 0 atom stereocenters. The minimum absolute atomic E-state index is 0.0777. The number of nitrogens with zero attached hydrogens (tertiary/aromatic N) is 1. The number of anilines is 1. The lowest BCUT2D eigenvalue weighted by molar-refractivity contribution is -0.159. The molecule has 90 valence electrons. The molecule has 17 heavy (non-hydrogen) atoms. The first-order chi connectivity index (χ1) is 8.08.